The average molecular weight is 520 g/mol. The van der Waals surface area contributed by atoms with Gasteiger partial charge in [-0.25, -0.2) is 18.1 Å². The number of thiophene rings is 1. The number of fused-ring (bicyclic) bond motifs is 1. The Morgan fingerprint density at radius 2 is 1.80 bits per heavy atom. The van der Waals surface area contributed by atoms with Gasteiger partial charge >= 0.3 is 0 Å². The predicted octanol–water partition coefficient (Wildman–Crippen LogP) is 4.00. The zero-order valence-electron chi connectivity index (χ0n) is 18.3. The van der Waals surface area contributed by atoms with Crippen LogP contribution in [0.15, 0.2) is 82.5 Å². The van der Waals surface area contributed by atoms with Gasteiger partial charge in [-0.3, -0.25) is 0 Å². The zero-order chi connectivity index (χ0) is 24.4. The summed E-state index contributed by atoms with van der Waals surface area (Å²) in [5.41, 5.74) is 4.28. The van der Waals surface area contributed by atoms with Gasteiger partial charge in [0.05, 0.1) is 5.69 Å². The summed E-state index contributed by atoms with van der Waals surface area (Å²) in [6.07, 6.45) is 1.56. The van der Waals surface area contributed by atoms with Gasteiger partial charge in [-0.2, -0.15) is 9.61 Å². The zero-order valence-corrected chi connectivity index (χ0v) is 20.7. The maximum atomic E-state index is 12.4. The van der Waals surface area contributed by atoms with E-state index in [4.69, 9.17) is 19.4 Å². The largest absolute Gasteiger partial charge is 0.366 e. The minimum absolute atomic E-state index is 0.194. The van der Waals surface area contributed by atoms with Crippen LogP contribution < -0.4 is 15.5 Å². The summed E-state index contributed by atoms with van der Waals surface area (Å²) < 4.78 is 29.4. The van der Waals surface area contributed by atoms with Crippen molar-refractivity contribution in [3.8, 4) is 11.3 Å². The Labute approximate surface area is 213 Å². The van der Waals surface area contributed by atoms with Gasteiger partial charge in [0.2, 0.25) is 10.0 Å². The number of rotatable bonds is 8. The highest BCUT2D eigenvalue weighted by Gasteiger charge is 2.15. The van der Waals surface area contributed by atoms with E-state index in [0.717, 1.165) is 16.7 Å². The molecule has 7 nitrogen and oxygen atoms in total. The third-order valence-corrected chi connectivity index (χ3v) is 8.47. The van der Waals surface area contributed by atoms with E-state index in [2.05, 4.69) is 20.1 Å². The number of hydrogen-bond acceptors (Lipinski definition) is 6. The molecule has 0 amide bonds. The van der Waals surface area contributed by atoms with Gasteiger partial charge in [-0.05, 0) is 34.1 Å². The quantitative estimate of drug-likeness (QED) is 0.303. The minimum atomic E-state index is -3.53. The van der Waals surface area contributed by atoms with Crippen LogP contribution in [0.1, 0.15) is 11.1 Å². The van der Waals surface area contributed by atoms with Crippen LogP contribution in [-0.2, 0) is 23.1 Å². The summed E-state index contributed by atoms with van der Waals surface area (Å²) in [7, 11) is 2.57. The molecule has 0 fully saturated rings. The molecular formula is C24H19BClN5O2S2. The van der Waals surface area contributed by atoms with Crippen molar-refractivity contribution in [2.45, 2.75) is 17.3 Å². The molecule has 0 aliphatic carbocycles. The molecule has 0 unspecified atom stereocenters. The standard InChI is InChI=1S/C24H19BClN5O2S2/c25-19-15-28-31-22(12-21(30-24(19)31)18-7-1-2-8-20(18)26)27-13-16-5-3-6-17(11-16)14-29-35(32,33)23-9-4-10-34-23/h1-12,15,27,29H,13-14H2. The lowest BCUT2D eigenvalue weighted by Gasteiger charge is -2.13. The molecular weight excluding hydrogens is 501 g/mol. The Hall–Kier alpha value is -3.18. The average Bonchev–Trinajstić information content (AvgIpc) is 3.53. The molecule has 5 aromatic rings. The molecule has 174 valence electrons. The number of sulfonamides is 1. The summed E-state index contributed by atoms with van der Waals surface area (Å²) in [4.78, 5) is 4.65. The Balaban J connectivity index is 1.36. The molecule has 11 heteroatoms. The normalized spacial score (nSPS) is 11.7. The molecule has 35 heavy (non-hydrogen) atoms. The van der Waals surface area contributed by atoms with E-state index in [1.165, 1.54) is 11.3 Å². The molecule has 2 aromatic carbocycles. The number of halogens is 1. The lowest BCUT2D eigenvalue weighted by atomic mass is 10.0. The van der Waals surface area contributed by atoms with Crippen LogP contribution in [0.4, 0.5) is 5.82 Å². The number of nitrogens with zero attached hydrogens (tertiary/aromatic N) is 3. The Morgan fingerprint density at radius 3 is 2.57 bits per heavy atom. The van der Waals surface area contributed by atoms with Crippen LogP contribution >= 0.6 is 22.9 Å². The second kappa shape index (κ2) is 9.83. The number of aromatic nitrogens is 3. The Kier molecular flexibility index (Phi) is 6.61. The van der Waals surface area contributed by atoms with Crippen molar-refractivity contribution in [2.24, 2.45) is 0 Å². The number of anilines is 1. The molecule has 0 spiro atoms. The fraction of sp³-hybridized carbons (Fsp3) is 0.0833. The van der Waals surface area contributed by atoms with E-state index >= 15 is 0 Å². The molecule has 0 saturated carbocycles. The van der Waals surface area contributed by atoms with Crippen LogP contribution in [0, 0.1) is 0 Å². The van der Waals surface area contributed by atoms with Crippen LogP contribution in [0.5, 0.6) is 0 Å². The Bertz CT molecular complexity index is 1600. The van der Waals surface area contributed by atoms with Crippen molar-refractivity contribution < 1.29 is 8.42 Å². The van der Waals surface area contributed by atoms with Gasteiger partial charge in [0.1, 0.15) is 17.9 Å². The monoisotopic (exact) mass is 519 g/mol. The summed E-state index contributed by atoms with van der Waals surface area (Å²) in [5.74, 6) is 0.699. The van der Waals surface area contributed by atoms with Crippen LogP contribution in [0.2, 0.25) is 5.02 Å². The third kappa shape index (κ3) is 5.11. The fourth-order valence-corrected chi connectivity index (χ4v) is 5.91. The number of nitrogens with one attached hydrogen (secondary N) is 2. The fourth-order valence-electron chi connectivity index (χ4n) is 3.62. The first kappa shape index (κ1) is 23.6. The van der Waals surface area contributed by atoms with E-state index in [9.17, 15) is 8.42 Å². The lowest BCUT2D eigenvalue weighted by Crippen LogP contribution is -2.22. The molecule has 3 heterocycles. The van der Waals surface area contributed by atoms with Crippen molar-refractivity contribution in [3.63, 3.8) is 0 Å². The second-order valence-electron chi connectivity index (χ2n) is 7.77. The van der Waals surface area contributed by atoms with Gasteiger partial charge in [-0.15, -0.1) is 11.3 Å². The predicted molar refractivity (Wildman–Crippen MR) is 141 cm³/mol. The Morgan fingerprint density at radius 1 is 1.00 bits per heavy atom. The van der Waals surface area contributed by atoms with E-state index in [0.29, 0.717) is 38.4 Å². The molecule has 2 N–H and O–H groups in total. The van der Waals surface area contributed by atoms with Crippen LogP contribution in [0.25, 0.3) is 16.9 Å². The highest BCUT2D eigenvalue weighted by atomic mass is 35.5. The van der Waals surface area contributed by atoms with Crippen molar-refractivity contribution in [1.29, 1.82) is 0 Å². The van der Waals surface area contributed by atoms with Crippen molar-refractivity contribution in [2.75, 3.05) is 5.32 Å². The van der Waals surface area contributed by atoms with Crippen molar-refractivity contribution >= 4 is 57.7 Å². The maximum absolute atomic E-state index is 12.4. The lowest BCUT2D eigenvalue weighted by molar-refractivity contribution is 0.583. The first-order valence-electron chi connectivity index (χ1n) is 10.6. The van der Waals surface area contributed by atoms with Gasteiger partial charge in [0.25, 0.3) is 0 Å². The molecule has 0 aliphatic heterocycles. The number of hydrogen-bond donors (Lipinski definition) is 2. The van der Waals surface area contributed by atoms with Gasteiger partial charge in [0, 0.05) is 35.9 Å². The van der Waals surface area contributed by atoms with E-state index < -0.39 is 10.0 Å². The third-order valence-electron chi connectivity index (χ3n) is 5.34. The molecule has 0 atom stereocenters. The maximum Gasteiger partial charge on any atom is 0.250 e. The highest BCUT2D eigenvalue weighted by Crippen LogP contribution is 2.28. The van der Waals surface area contributed by atoms with E-state index in [1.807, 2.05) is 54.6 Å². The second-order valence-corrected chi connectivity index (χ2v) is 11.1. The summed E-state index contributed by atoms with van der Waals surface area (Å²) in [6.45, 7) is 0.673. The van der Waals surface area contributed by atoms with Gasteiger partial charge in [-0.1, -0.05) is 60.1 Å². The van der Waals surface area contributed by atoms with Crippen molar-refractivity contribution in [3.05, 3.63) is 94.5 Å². The van der Waals surface area contributed by atoms with E-state index in [1.54, 1.807) is 28.2 Å². The van der Waals surface area contributed by atoms with Gasteiger partial charge in [0.15, 0.2) is 5.65 Å². The van der Waals surface area contributed by atoms with Crippen molar-refractivity contribution in [1.82, 2.24) is 19.3 Å². The smallest absolute Gasteiger partial charge is 0.250 e. The first-order valence-corrected chi connectivity index (χ1v) is 13.4. The highest BCUT2D eigenvalue weighted by molar-refractivity contribution is 7.91. The molecule has 0 aliphatic rings. The summed E-state index contributed by atoms with van der Waals surface area (Å²) in [6, 6.07) is 20.4. The summed E-state index contributed by atoms with van der Waals surface area (Å²) >= 11 is 7.58. The number of benzene rings is 2. The van der Waals surface area contributed by atoms with Gasteiger partial charge < -0.3 is 5.32 Å². The SMILES string of the molecule is [B]c1cnn2c(NCc3cccc(CNS(=O)(=O)c4cccs4)c3)cc(-c3ccccc3Cl)nc12. The van der Waals surface area contributed by atoms with E-state index in [-0.39, 0.29) is 6.54 Å². The molecule has 2 radical (unpaired) electrons. The minimum Gasteiger partial charge on any atom is -0.366 e. The molecule has 3 aromatic heterocycles. The summed E-state index contributed by atoms with van der Waals surface area (Å²) in [5, 5.41) is 10.1. The molecule has 0 saturated heterocycles. The van der Waals surface area contributed by atoms with Crippen LogP contribution in [0.3, 0.4) is 0 Å². The van der Waals surface area contributed by atoms with Crippen LogP contribution in [-0.4, -0.2) is 30.9 Å². The molecule has 0 bridgehead atoms. The molecule has 5 rings (SSSR count). The topological polar surface area (TPSA) is 88.4 Å². The first-order chi connectivity index (χ1) is 16.9.